The standard InChI is InChI=1S/C30H32N2O6S2/c1-17-25-23(13-35-29(3,4)37-25)21(11-31-17)15-39-27(33)19-8-7-9-20(10-19)28(34)40-16-22-12-32-18(2)26-24(22)14-36-30(5,6)38-26/h7-12H,13-16H2,1-6H3. The molecule has 0 amide bonds. The molecule has 0 fully saturated rings. The molecule has 40 heavy (non-hydrogen) atoms. The van der Waals surface area contributed by atoms with Gasteiger partial charge >= 0.3 is 0 Å². The lowest BCUT2D eigenvalue weighted by atomic mass is 10.1. The minimum atomic E-state index is -0.722. The van der Waals surface area contributed by atoms with E-state index in [1.54, 1.807) is 36.7 Å². The predicted molar refractivity (Wildman–Crippen MR) is 155 cm³/mol. The number of pyridine rings is 2. The van der Waals surface area contributed by atoms with E-state index < -0.39 is 11.6 Å². The van der Waals surface area contributed by atoms with Crippen LogP contribution >= 0.6 is 23.5 Å². The molecule has 0 saturated carbocycles. The molecule has 0 radical (unpaired) electrons. The Bertz CT molecular complexity index is 1380. The highest BCUT2D eigenvalue weighted by Crippen LogP contribution is 2.38. The summed E-state index contributed by atoms with van der Waals surface area (Å²) in [6.07, 6.45) is 3.54. The van der Waals surface area contributed by atoms with Gasteiger partial charge in [0.25, 0.3) is 0 Å². The Morgan fingerprint density at radius 3 is 1.62 bits per heavy atom. The number of fused-ring (bicyclic) bond motifs is 2. The van der Waals surface area contributed by atoms with Crippen molar-refractivity contribution in [1.82, 2.24) is 9.97 Å². The van der Waals surface area contributed by atoms with E-state index in [1.807, 2.05) is 41.5 Å². The molecule has 0 spiro atoms. The molecule has 0 aliphatic carbocycles. The van der Waals surface area contributed by atoms with Gasteiger partial charge in [0.15, 0.2) is 0 Å². The smallest absolute Gasteiger partial charge is 0.219 e. The molecule has 10 heteroatoms. The molecule has 0 unspecified atom stereocenters. The molecule has 4 heterocycles. The Morgan fingerprint density at radius 1 is 0.775 bits per heavy atom. The number of aromatic nitrogens is 2. The predicted octanol–water partition coefficient (Wildman–Crippen LogP) is 6.53. The average Bonchev–Trinajstić information content (AvgIpc) is 2.91. The number of hydrogen-bond donors (Lipinski definition) is 0. The van der Waals surface area contributed by atoms with Gasteiger partial charge in [0.05, 0.1) is 24.6 Å². The summed E-state index contributed by atoms with van der Waals surface area (Å²) in [5, 5.41) is -0.249. The van der Waals surface area contributed by atoms with Crippen molar-refractivity contribution in [2.24, 2.45) is 0 Å². The quantitative estimate of drug-likeness (QED) is 0.320. The van der Waals surface area contributed by atoms with Crippen LogP contribution < -0.4 is 9.47 Å². The number of aryl methyl sites for hydroxylation is 2. The average molecular weight is 581 g/mol. The van der Waals surface area contributed by atoms with Crippen molar-refractivity contribution in [2.45, 2.75) is 77.8 Å². The van der Waals surface area contributed by atoms with Crippen LogP contribution in [0, 0.1) is 13.8 Å². The van der Waals surface area contributed by atoms with E-state index in [-0.39, 0.29) is 10.2 Å². The number of benzene rings is 1. The summed E-state index contributed by atoms with van der Waals surface area (Å²) in [4.78, 5) is 35.1. The van der Waals surface area contributed by atoms with Gasteiger partial charge in [-0.3, -0.25) is 19.6 Å². The second-order valence-electron chi connectivity index (χ2n) is 10.7. The number of nitrogens with zero attached hydrogens (tertiary/aromatic N) is 2. The lowest BCUT2D eigenvalue weighted by Crippen LogP contribution is -2.36. The van der Waals surface area contributed by atoms with Gasteiger partial charge in [-0.2, -0.15) is 0 Å². The van der Waals surface area contributed by atoms with E-state index in [2.05, 4.69) is 9.97 Å². The second-order valence-corrected chi connectivity index (χ2v) is 12.6. The van der Waals surface area contributed by atoms with Crippen LogP contribution in [0.2, 0.25) is 0 Å². The summed E-state index contributed by atoms with van der Waals surface area (Å²) in [5.74, 6) is 0.832. The zero-order valence-electron chi connectivity index (χ0n) is 23.5. The normalized spacial score (nSPS) is 16.8. The van der Waals surface area contributed by atoms with Gasteiger partial charge in [0.2, 0.25) is 21.8 Å². The summed E-state index contributed by atoms with van der Waals surface area (Å²) in [7, 11) is 0. The summed E-state index contributed by atoms with van der Waals surface area (Å²) >= 11 is 2.33. The number of hydrogen-bond acceptors (Lipinski definition) is 10. The highest BCUT2D eigenvalue weighted by Gasteiger charge is 2.32. The molecule has 0 bridgehead atoms. The van der Waals surface area contributed by atoms with Crippen LogP contribution in [-0.2, 0) is 34.2 Å². The molecule has 2 aliphatic heterocycles. The fraction of sp³-hybridized carbons (Fsp3) is 0.400. The van der Waals surface area contributed by atoms with Crippen LogP contribution in [0.4, 0.5) is 0 Å². The third kappa shape index (κ3) is 6.20. The molecule has 2 aliphatic rings. The van der Waals surface area contributed by atoms with Crippen molar-refractivity contribution in [3.05, 3.63) is 81.4 Å². The largest absolute Gasteiger partial charge is 0.461 e. The molecular weight excluding hydrogens is 548 g/mol. The van der Waals surface area contributed by atoms with Gasteiger partial charge < -0.3 is 18.9 Å². The molecule has 0 saturated heterocycles. The molecule has 5 rings (SSSR count). The summed E-state index contributed by atoms with van der Waals surface area (Å²) < 4.78 is 23.6. The lowest BCUT2D eigenvalue weighted by Gasteiger charge is -2.34. The maximum absolute atomic E-state index is 13.1. The minimum Gasteiger partial charge on any atom is -0.461 e. The van der Waals surface area contributed by atoms with Gasteiger partial charge in [-0.25, -0.2) is 0 Å². The van der Waals surface area contributed by atoms with E-state index in [9.17, 15) is 9.59 Å². The van der Waals surface area contributed by atoms with Crippen LogP contribution in [0.25, 0.3) is 0 Å². The number of thioether (sulfide) groups is 2. The first kappa shape index (κ1) is 28.6. The second kappa shape index (κ2) is 11.2. The minimum absolute atomic E-state index is 0.124. The molecule has 2 aromatic heterocycles. The fourth-order valence-electron chi connectivity index (χ4n) is 4.46. The van der Waals surface area contributed by atoms with E-state index in [0.29, 0.717) is 35.8 Å². The molecule has 0 N–H and O–H groups in total. The Morgan fingerprint density at radius 2 is 1.20 bits per heavy atom. The van der Waals surface area contributed by atoms with Gasteiger partial charge in [-0.05, 0) is 31.0 Å². The Hall–Kier alpha value is -2.92. The monoisotopic (exact) mass is 580 g/mol. The van der Waals surface area contributed by atoms with E-state index in [1.165, 1.54) is 0 Å². The maximum Gasteiger partial charge on any atom is 0.219 e. The topological polar surface area (TPSA) is 96.8 Å². The van der Waals surface area contributed by atoms with Crippen LogP contribution in [0.5, 0.6) is 11.5 Å². The number of carbonyl (C=O) groups is 2. The molecular formula is C30H32N2O6S2. The lowest BCUT2D eigenvalue weighted by molar-refractivity contribution is -0.181. The first-order valence-electron chi connectivity index (χ1n) is 13.0. The van der Waals surface area contributed by atoms with E-state index >= 15 is 0 Å². The molecule has 0 atom stereocenters. The fourth-order valence-corrected chi connectivity index (χ4v) is 6.11. The van der Waals surface area contributed by atoms with Crippen molar-refractivity contribution >= 4 is 33.8 Å². The van der Waals surface area contributed by atoms with Crippen molar-refractivity contribution in [3.63, 3.8) is 0 Å². The molecule has 8 nitrogen and oxygen atoms in total. The highest BCUT2D eigenvalue weighted by atomic mass is 32.2. The van der Waals surface area contributed by atoms with E-state index in [4.69, 9.17) is 18.9 Å². The van der Waals surface area contributed by atoms with Gasteiger partial charge in [0, 0.05) is 73.8 Å². The van der Waals surface area contributed by atoms with Crippen LogP contribution in [0.1, 0.15) is 82.1 Å². The maximum atomic E-state index is 13.1. The SMILES string of the molecule is Cc1ncc(CSC(=O)c2cccc(C(=O)SCc3cnc(C)c4c3COC(C)(C)O4)c2)c2c1OC(C)(C)OC2. The van der Waals surface area contributed by atoms with Crippen LogP contribution in [0.15, 0.2) is 36.7 Å². The van der Waals surface area contributed by atoms with Gasteiger partial charge in [-0.1, -0.05) is 41.7 Å². The van der Waals surface area contributed by atoms with Crippen LogP contribution in [0.3, 0.4) is 0 Å². The highest BCUT2D eigenvalue weighted by molar-refractivity contribution is 8.13. The van der Waals surface area contributed by atoms with Gasteiger partial charge in [-0.15, -0.1) is 0 Å². The zero-order chi connectivity index (χ0) is 28.7. The summed E-state index contributed by atoms with van der Waals surface area (Å²) in [6.45, 7) is 12.0. The van der Waals surface area contributed by atoms with Crippen molar-refractivity contribution in [2.75, 3.05) is 0 Å². The van der Waals surface area contributed by atoms with Gasteiger partial charge in [0.1, 0.15) is 11.5 Å². The molecule has 3 aromatic rings. The van der Waals surface area contributed by atoms with Crippen molar-refractivity contribution < 1.29 is 28.5 Å². The third-order valence-corrected chi connectivity index (χ3v) is 8.59. The molecule has 210 valence electrons. The summed E-state index contributed by atoms with van der Waals surface area (Å²) in [5.41, 5.74) is 6.14. The van der Waals surface area contributed by atoms with E-state index in [0.717, 1.165) is 68.7 Å². The third-order valence-electron chi connectivity index (χ3n) is 6.68. The summed E-state index contributed by atoms with van der Waals surface area (Å²) in [6, 6.07) is 6.84. The molecule has 1 aromatic carbocycles. The van der Waals surface area contributed by atoms with Crippen molar-refractivity contribution in [3.8, 4) is 11.5 Å². The zero-order valence-corrected chi connectivity index (χ0v) is 25.1. The Kier molecular flexibility index (Phi) is 7.98. The first-order valence-corrected chi connectivity index (χ1v) is 14.9. The Labute approximate surface area is 242 Å². The Balaban J connectivity index is 1.24. The van der Waals surface area contributed by atoms with Crippen molar-refractivity contribution in [1.29, 1.82) is 0 Å². The number of rotatable bonds is 6. The van der Waals surface area contributed by atoms with Crippen LogP contribution in [-0.4, -0.2) is 31.8 Å². The number of ether oxygens (including phenoxy) is 4. The first-order chi connectivity index (χ1) is 18.9. The number of carbonyl (C=O) groups excluding carboxylic acids is 2.